The van der Waals surface area contributed by atoms with Crippen LogP contribution in [0.15, 0.2) is 29.2 Å². The van der Waals surface area contributed by atoms with Gasteiger partial charge in [0, 0.05) is 11.7 Å². The molecule has 1 aliphatic carbocycles. The van der Waals surface area contributed by atoms with Gasteiger partial charge in [-0.05, 0) is 44.2 Å². The minimum Gasteiger partial charge on any atom is -0.481 e. The molecular formula is C14H20N2O4S. The van der Waals surface area contributed by atoms with Crippen molar-refractivity contribution >= 4 is 21.7 Å². The molecule has 0 heterocycles. The Morgan fingerprint density at radius 3 is 2.38 bits per heavy atom. The first-order chi connectivity index (χ1) is 9.94. The van der Waals surface area contributed by atoms with Crippen LogP contribution >= 0.6 is 0 Å². The normalized spacial score (nSPS) is 22.7. The summed E-state index contributed by atoms with van der Waals surface area (Å²) in [6.07, 6.45) is 3.44. The molecule has 116 valence electrons. The van der Waals surface area contributed by atoms with E-state index >= 15 is 0 Å². The molecule has 0 spiro atoms. The molecule has 1 fully saturated rings. The van der Waals surface area contributed by atoms with Crippen molar-refractivity contribution in [1.82, 2.24) is 4.72 Å². The van der Waals surface area contributed by atoms with Gasteiger partial charge in [-0.1, -0.05) is 12.8 Å². The highest BCUT2D eigenvalue weighted by Gasteiger charge is 2.30. The SMILES string of the molecule is CNS(=O)(=O)c1ccc(NC2CCCCC2C(=O)O)cc1. The zero-order valence-electron chi connectivity index (χ0n) is 11.9. The molecule has 1 saturated carbocycles. The quantitative estimate of drug-likeness (QED) is 0.768. The molecule has 2 unspecified atom stereocenters. The number of aliphatic carboxylic acids is 1. The highest BCUT2D eigenvalue weighted by molar-refractivity contribution is 7.89. The van der Waals surface area contributed by atoms with E-state index in [0.29, 0.717) is 6.42 Å². The third kappa shape index (κ3) is 3.74. The molecule has 0 aromatic heterocycles. The molecule has 0 bridgehead atoms. The Morgan fingerprint density at radius 1 is 1.19 bits per heavy atom. The van der Waals surface area contributed by atoms with E-state index in [2.05, 4.69) is 10.0 Å². The van der Waals surface area contributed by atoms with Gasteiger partial charge in [0.25, 0.3) is 0 Å². The maximum atomic E-state index is 11.6. The van der Waals surface area contributed by atoms with Gasteiger partial charge in [0.2, 0.25) is 10.0 Å². The van der Waals surface area contributed by atoms with Crippen LogP contribution in [0.4, 0.5) is 5.69 Å². The maximum Gasteiger partial charge on any atom is 0.308 e. The average molecular weight is 312 g/mol. The molecule has 1 aromatic carbocycles. The Labute approximate surface area is 124 Å². The lowest BCUT2D eigenvalue weighted by molar-refractivity contribution is -0.143. The zero-order chi connectivity index (χ0) is 15.5. The van der Waals surface area contributed by atoms with Crippen molar-refractivity contribution in [3.05, 3.63) is 24.3 Å². The van der Waals surface area contributed by atoms with Crippen LogP contribution in [0.1, 0.15) is 25.7 Å². The molecule has 1 aliphatic rings. The Balaban J connectivity index is 2.11. The van der Waals surface area contributed by atoms with Crippen molar-refractivity contribution in [2.75, 3.05) is 12.4 Å². The number of rotatable bonds is 5. The summed E-state index contributed by atoms with van der Waals surface area (Å²) in [5.41, 5.74) is 0.739. The summed E-state index contributed by atoms with van der Waals surface area (Å²) in [5.74, 6) is -1.17. The number of carbonyl (C=O) groups is 1. The second-order valence-corrected chi connectivity index (χ2v) is 7.10. The number of nitrogens with one attached hydrogen (secondary N) is 2. The van der Waals surface area contributed by atoms with Crippen molar-refractivity contribution < 1.29 is 18.3 Å². The van der Waals surface area contributed by atoms with Crippen molar-refractivity contribution in [2.24, 2.45) is 5.92 Å². The van der Waals surface area contributed by atoms with Crippen LogP contribution < -0.4 is 10.0 Å². The van der Waals surface area contributed by atoms with Crippen LogP contribution in [0.3, 0.4) is 0 Å². The lowest BCUT2D eigenvalue weighted by Crippen LogP contribution is -2.37. The van der Waals surface area contributed by atoms with Gasteiger partial charge in [0.15, 0.2) is 0 Å². The van der Waals surface area contributed by atoms with Gasteiger partial charge in [-0.3, -0.25) is 4.79 Å². The molecule has 0 saturated heterocycles. The van der Waals surface area contributed by atoms with Crippen LogP contribution in [0.5, 0.6) is 0 Å². The summed E-state index contributed by atoms with van der Waals surface area (Å²) in [6.45, 7) is 0. The predicted molar refractivity (Wildman–Crippen MR) is 79.7 cm³/mol. The fraction of sp³-hybridized carbons (Fsp3) is 0.500. The molecule has 7 heteroatoms. The lowest BCUT2D eigenvalue weighted by Gasteiger charge is -2.30. The second kappa shape index (κ2) is 6.44. The summed E-state index contributed by atoms with van der Waals surface area (Å²) >= 11 is 0. The van der Waals surface area contributed by atoms with E-state index in [0.717, 1.165) is 24.9 Å². The third-order valence-electron chi connectivity index (χ3n) is 3.87. The van der Waals surface area contributed by atoms with Crippen LogP contribution in [0.2, 0.25) is 0 Å². The minimum absolute atomic E-state index is 0.108. The van der Waals surface area contributed by atoms with Crippen molar-refractivity contribution in [2.45, 2.75) is 36.6 Å². The Bertz CT molecular complexity index is 598. The van der Waals surface area contributed by atoms with Crippen LogP contribution in [0, 0.1) is 5.92 Å². The summed E-state index contributed by atoms with van der Waals surface area (Å²) in [5, 5.41) is 12.5. The van der Waals surface area contributed by atoms with E-state index in [1.54, 1.807) is 12.1 Å². The largest absolute Gasteiger partial charge is 0.481 e. The second-order valence-electron chi connectivity index (χ2n) is 5.21. The Hall–Kier alpha value is -1.60. The smallest absolute Gasteiger partial charge is 0.308 e. The number of sulfonamides is 1. The molecule has 2 rings (SSSR count). The first-order valence-electron chi connectivity index (χ1n) is 6.97. The van der Waals surface area contributed by atoms with E-state index < -0.39 is 16.0 Å². The number of anilines is 1. The Morgan fingerprint density at radius 2 is 1.81 bits per heavy atom. The van der Waals surface area contributed by atoms with Crippen LogP contribution in [-0.2, 0) is 14.8 Å². The highest BCUT2D eigenvalue weighted by Crippen LogP contribution is 2.27. The number of carboxylic acid groups (broad SMARTS) is 1. The standard InChI is InChI=1S/C14H20N2O4S/c1-15-21(19,20)11-8-6-10(7-9-11)16-13-5-3-2-4-12(13)14(17)18/h6-9,12-13,15-16H,2-5H2,1H3,(H,17,18). The topological polar surface area (TPSA) is 95.5 Å². The van der Waals surface area contributed by atoms with Gasteiger partial charge in [-0.2, -0.15) is 0 Å². The first-order valence-corrected chi connectivity index (χ1v) is 8.45. The average Bonchev–Trinajstić information content (AvgIpc) is 2.48. The van der Waals surface area contributed by atoms with Crippen LogP contribution in [-0.4, -0.2) is 32.6 Å². The monoisotopic (exact) mass is 312 g/mol. The van der Waals surface area contributed by atoms with Crippen molar-refractivity contribution in [1.29, 1.82) is 0 Å². The first kappa shape index (κ1) is 15.8. The van der Waals surface area contributed by atoms with Gasteiger partial charge in [0.05, 0.1) is 10.8 Å². The van der Waals surface area contributed by atoms with E-state index in [4.69, 9.17) is 0 Å². The van der Waals surface area contributed by atoms with Gasteiger partial charge in [-0.15, -0.1) is 0 Å². The summed E-state index contributed by atoms with van der Waals surface area (Å²) < 4.78 is 25.5. The molecule has 21 heavy (non-hydrogen) atoms. The molecular weight excluding hydrogens is 292 g/mol. The zero-order valence-corrected chi connectivity index (χ0v) is 12.7. The molecule has 3 N–H and O–H groups in total. The van der Waals surface area contributed by atoms with Crippen molar-refractivity contribution in [3.8, 4) is 0 Å². The number of hydrogen-bond acceptors (Lipinski definition) is 4. The van der Waals surface area contributed by atoms with E-state index in [-0.39, 0.29) is 16.9 Å². The van der Waals surface area contributed by atoms with Gasteiger partial charge in [0.1, 0.15) is 0 Å². The van der Waals surface area contributed by atoms with Gasteiger partial charge < -0.3 is 10.4 Å². The lowest BCUT2D eigenvalue weighted by atomic mass is 9.84. The van der Waals surface area contributed by atoms with E-state index in [1.165, 1.54) is 19.2 Å². The molecule has 6 nitrogen and oxygen atoms in total. The number of carboxylic acids is 1. The van der Waals surface area contributed by atoms with Crippen LogP contribution in [0.25, 0.3) is 0 Å². The molecule has 0 aliphatic heterocycles. The highest BCUT2D eigenvalue weighted by atomic mass is 32.2. The maximum absolute atomic E-state index is 11.6. The summed E-state index contributed by atoms with van der Waals surface area (Å²) in [7, 11) is -2.08. The van der Waals surface area contributed by atoms with Crippen molar-refractivity contribution in [3.63, 3.8) is 0 Å². The predicted octanol–water partition coefficient (Wildman–Crippen LogP) is 1.65. The van der Waals surface area contributed by atoms with Gasteiger partial charge >= 0.3 is 5.97 Å². The third-order valence-corrected chi connectivity index (χ3v) is 5.30. The number of hydrogen-bond donors (Lipinski definition) is 3. The molecule has 1 aromatic rings. The fourth-order valence-corrected chi connectivity index (χ4v) is 3.39. The molecule has 0 radical (unpaired) electrons. The fourth-order valence-electron chi connectivity index (χ4n) is 2.66. The summed E-state index contributed by atoms with van der Waals surface area (Å²) in [4.78, 5) is 11.4. The van der Waals surface area contributed by atoms with Gasteiger partial charge in [-0.25, -0.2) is 13.1 Å². The summed E-state index contributed by atoms with van der Waals surface area (Å²) in [6, 6.07) is 6.23. The Kier molecular flexibility index (Phi) is 4.84. The van der Waals surface area contributed by atoms with E-state index in [9.17, 15) is 18.3 Å². The molecule has 0 amide bonds. The van der Waals surface area contributed by atoms with E-state index in [1.807, 2.05) is 0 Å². The molecule has 2 atom stereocenters. The number of benzene rings is 1. The minimum atomic E-state index is -3.44.